The Labute approximate surface area is 142 Å². The molecule has 0 atom stereocenters. The summed E-state index contributed by atoms with van der Waals surface area (Å²) in [5.74, 6) is -0.379. The molecule has 2 N–H and O–H groups in total. The molecule has 0 aliphatic rings. The van der Waals surface area contributed by atoms with E-state index in [1.807, 2.05) is 25.1 Å². The highest BCUT2D eigenvalue weighted by atomic mass is 79.9. The van der Waals surface area contributed by atoms with Gasteiger partial charge < -0.3 is 10.3 Å². The molecule has 3 nitrogen and oxygen atoms in total. The van der Waals surface area contributed by atoms with Crippen molar-refractivity contribution in [3.05, 3.63) is 69.6 Å². The Morgan fingerprint density at radius 1 is 1.26 bits per heavy atom. The Hall–Kier alpha value is -2.14. The van der Waals surface area contributed by atoms with Gasteiger partial charge in [-0.05, 0) is 65.2 Å². The lowest BCUT2D eigenvalue weighted by Gasteiger charge is -2.07. The smallest absolute Gasteiger partial charge is 0.252 e. The summed E-state index contributed by atoms with van der Waals surface area (Å²) in [5.41, 5.74) is 3.55. The van der Waals surface area contributed by atoms with E-state index in [1.54, 1.807) is 12.1 Å². The summed E-state index contributed by atoms with van der Waals surface area (Å²) in [4.78, 5) is 15.4. The topological polar surface area (TPSA) is 44.9 Å². The zero-order valence-electron chi connectivity index (χ0n) is 12.6. The van der Waals surface area contributed by atoms with Gasteiger partial charge in [0, 0.05) is 27.6 Å². The van der Waals surface area contributed by atoms with Crippen LogP contribution in [0.15, 0.2) is 46.9 Å². The quantitative estimate of drug-likeness (QED) is 0.700. The number of fused-ring (bicyclic) bond motifs is 1. The molecule has 1 aromatic heterocycles. The molecule has 0 aliphatic heterocycles. The van der Waals surface area contributed by atoms with E-state index in [0.29, 0.717) is 18.5 Å². The average molecular weight is 375 g/mol. The van der Waals surface area contributed by atoms with Gasteiger partial charge in [0.05, 0.1) is 5.56 Å². The predicted octanol–water partition coefficient (Wildman–Crippen LogP) is 4.35. The molecule has 3 aromatic rings. The monoisotopic (exact) mass is 374 g/mol. The first-order chi connectivity index (χ1) is 11.1. The van der Waals surface area contributed by atoms with Gasteiger partial charge in [-0.2, -0.15) is 0 Å². The molecule has 0 bridgehead atoms. The maximum absolute atomic E-state index is 13.5. The van der Waals surface area contributed by atoms with Crippen molar-refractivity contribution in [2.45, 2.75) is 13.3 Å². The van der Waals surface area contributed by atoms with Crippen molar-refractivity contribution in [3.8, 4) is 0 Å². The fraction of sp³-hybridized carbons (Fsp3) is 0.167. The molecule has 118 valence electrons. The molecule has 3 rings (SSSR count). The summed E-state index contributed by atoms with van der Waals surface area (Å²) in [7, 11) is 0. The fourth-order valence-corrected chi connectivity index (χ4v) is 3.18. The Morgan fingerprint density at radius 3 is 2.83 bits per heavy atom. The maximum atomic E-state index is 13.5. The Morgan fingerprint density at radius 2 is 2.04 bits per heavy atom. The summed E-state index contributed by atoms with van der Waals surface area (Å²) in [6.45, 7) is 2.45. The number of hydrogen-bond donors (Lipinski definition) is 2. The maximum Gasteiger partial charge on any atom is 0.252 e. The Balaban J connectivity index is 1.72. The third kappa shape index (κ3) is 3.29. The van der Waals surface area contributed by atoms with Crippen molar-refractivity contribution in [3.63, 3.8) is 0 Å². The van der Waals surface area contributed by atoms with Crippen LogP contribution in [0.2, 0.25) is 0 Å². The molecule has 1 amide bonds. The molecule has 0 unspecified atom stereocenters. The molecule has 0 saturated heterocycles. The van der Waals surface area contributed by atoms with Gasteiger partial charge in [-0.3, -0.25) is 4.79 Å². The van der Waals surface area contributed by atoms with E-state index in [9.17, 15) is 9.18 Å². The molecule has 23 heavy (non-hydrogen) atoms. The summed E-state index contributed by atoms with van der Waals surface area (Å²) < 4.78 is 14.2. The van der Waals surface area contributed by atoms with Gasteiger partial charge in [0.2, 0.25) is 0 Å². The van der Waals surface area contributed by atoms with Crippen LogP contribution in [0, 0.1) is 12.7 Å². The number of amides is 1. The lowest BCUT2D eigenvalue weighted by Crippen LogP contribution is -2.26. The highest BCUT2D eigenvalue weighted by Crippen LogP contribution is 2.23. The van der Waals surface area contributed by atoms with E-state index in [0.717, 1.165) is 26.6 Å². The zero-order valence-corrected chi connectivity index (χ0v) is 14.2. The van der Waals surface area contributed by atoms with Crippen LogP contribution >= 0.6 is 15.9 Å². The zero-order chi connectivity index (χ0) is 16.4. The molecule has 5 heteroatoms. The minimum Gasteiger partial charge on any atom is -0.358 e. The van der Waals surface area contributed by atoms with Crippen molar-refractivity contribution in [2.24, 2.45) is 0 Å². The van der Waals surface area contributed by atoms with Crippen LogP contribution in [0.4, 0.5) is 4.39 Å². The molecule has 0 radical (unpaired) electrons. The number of hydrogen-bond acceptors (Lipinski definition) is 1. The van der Waals surface area contributed by atoms with Gasteiger partial charge in [0.15, 0.2) is 0 Å². The van der Waals surface area contributed by atoms with Gasteiger partial charge in [0.25, 0.3) is 5.91 Å². The molecular weight excluding hydrogens is 359 g/mol. The van der Waals surface area contributed by atoms with Crippen LogP contribution < -0.4 is 5.32 Å². The first-order valence-electron chi connectivity index (χ1n) is 7.35. The third-order valence-electron chi connectivity index (χ3n) is 3.86. The van der Waals surface area contributed by atoms with Crippen LogP contribution in [0.5, 0.6) is 0 Å². The van der Waals surface area contributed by atoms with Crippen LogP contribution in [-0.4, -0.2) is 17.4 Å². The van der Waals surface area contributed by atoms with Crippen LogP contribution in [0.1, 0.15) is 21.6 Å². The number of H-pyrrole nitrogens is 1. The Kier molecular flexibility index (Phi) is 4.48. The molecule has 0 fully saturated rings. The lowest BCUT2D eigenvalue weighted by molar-refractivity contribution is 0.0953. The van der Waals surface area contributed by atoms with E-state index < -0.39 is 0 Å². The molecule has 1 heterocycles. The summed E-state index contributed by atoms with van der Waals surface area (Å²) in [6.07, 6.45) is 0.644. The van der Waals surface area contributed by atoms with E-state index in [4.69, 9.17) is 0 Å². The third-order valence-corrected chi connectivity index (χ3v) is 4.55. The second-order valence-corrected chi connectivity index (χ2v) is 6.26. The van der Waals surface area contributed by atoms with E-state index in [2.05, 4.69) is 26.2 Å². The largest absolute Gasteiger partial charge is 0.358 e. The summed E-state index contributed by atoms with van der Waals surface area (Å²) in [5, 5.41) is 3.78. The number of carbonyl (C=O) groups excluding carboxylic acids is 1. The van der Waals surface area contributed by atoms with Crippen molar-refractivity contribution < 1.29 is 9.18 Å². The second kappa shape index (κ2) is 6.54. The van der Waals surface area contributed by atoms with E-state index in [1.165, 1.54) is 12.1 Å². The van der Waals surface area contributed by atoms with Gasteiger partial charge in [-0.15, -0.1) is 0 Å². The summed E-state index contributed by atoms with van der Waals surface area (Å²) in [6, 6.07) is 12.0. The first kappa shape index (κ1) is 15.7. The van der Waals surface area contributed by atoms with Crippen molar-refractivity contribution in [2.75, 3.05) is 6.54 Å². The van der Waals surface area contributed by atoms with Gasteiger partial charge in [-0.1, -0.05) is 12.1 Å². The molecule has 0 spiro atoms. The molecule has 0 saturated carbocycles. The van der Waals surface area contributed by atoms with E-state index >= 15 is 0 Å². The van der Waals surface area contributed by atoms with E-state index in [-0.39, 0.29) is 11.7 Å². The minimum atomic E-state index is -0.255. The number of carbonyl (C=O) groups is 1. The van der Waals surface area contributed by atoms with Gasteiger partial charge in [0.1, 0.15) is 5.82 Å². The van der Waals surface area contributed by atoms with Gasteiger partial charge >= 0.3 is 0 Å². The van der Waals surface area contributed by atoms with Crippen LogP contribution in [0.25, 0.3) is 10.9 Å². The van der Waals surface area contributed by atoms with Crippen molar-refractivity contribution in [1.82, 2.24) is 10.3 Å². The highest BCUT2D eigenvalue weighted by molar-refractivity contribution is 9.10. The number of aromatic nitrogens is 1. The van der Waals surface area contributed by atoms with Crippen LogP contribution in [0.3, 0.4) is 0 Å². The molecular formula is C18H16BrFN2O. The highest BCUT2D eigenvalue weighted by Gasteiger charge is 2.11. The fourth-order valence-electron chi connectivity index (χ4n) is 2.72. The number of rotatable bonds is 4. The van der Waals surface area contributed by atoms with Crippen molar-refractivity contribution in [1.29, 1.82) is 0 Å². The Bertz CT molecular complexity index is 873. The predicted molar refractivity (Wildman–Crippen MR) is 93.2 cm³/mol. The normalized spacial score (nSPS) is 10.9. The number of halogens is 2. The number of aryl methyl sites for hydroxylation is 1. The second-order valence-electron chi connectivity index (χ2n) is 5.40. The summed E-state index contributed by atoms with van der Waals surface area (Å²) >= 11 is 3.37. The number of aromatic amines is 1. The SMILES string of the molecule is Cc1[nH]c2ccc(F)cc2c1CCNC(=O)c1ccccc1Br. The first-order valence-corrected chi connectivity index (χ1v) is 8.15. The average Bonchev–Trinajstić information content (AvgIpc) is 2.83. The molecule has 2 aromatic carbocycles. The van der Waals surface area contributed by atoms with Crippen molar-refractivity contribution >= 4 is 32.7 Å². The standard InChI is InChI=1S/C18H16BrFN2O/c1-11-13(15-10-12(20)6-7-17(15)22-11)8-9-21-18(23)14-4-2-3-5-16(14)19/h2-7,10,22H,8-9H2,1H3,(H,21,23). The minimum absolute atomic E-state index is 0.124. The number of benzene rings is 2. The number of nitrogens with one attached hydrogen (secondary N) is 2. The molecule has 0 aliphatic carbocycles. The lowest BCUT2D eigenvalue weighted by atomic mass is 10.1. The van der Waals surface area contributed by atoms with Gasteiger partial charge in [-0.25, -0.2) is 4.39 Å². The van der Waals surface area contributed by atoms with Crippen LogP contribution in [-0.2, 0) is 6.42 Å².